The molecular formula is C19H30N2O2Si. The lowest BCUT2D eigenvalue weighted by Gasteiger charge is -2.38. The Labute approximate surface area is 146 Å². The van der Waals surface area contributed by atoms with Crippen LogP contribution in [0.1, 0.15) is 33.3 Å². The number of ether oxygens (including phenoxy) is 1. The molecule has 1 aromatic carbocycles. The smallest absolute Gasteiger partial charge is 0.236 e. The molecule has 0 N–H and O–H groups in total. The minimum absolute atomic E-state index is 0.0483. The van der Waals surface area contributed by atoms with E-state index in [1.807, 2.05) is 48.1 Å². The van der Waals surface area contributed by atoms with E-state index in [2.05, 4.69) is 45.9 Å². The predicted octanol–water partition coefficient (Wildman–Crippen LogP) is 4.97. The van der Waals surface area contributed by atoms with Gasteiger partial charge in [0.1, 0.15) is 6.61 Å². The molecule has 0 aliphatic carbocycles. The average Bonchev–Trinajstić information content (AvgIpc) is 2.86. The van der Waals surface area contributed by atoms with Crippen molar-refractivity contribution in [2.45, 2.75) is 58.9 Å². The fourth-order valence-electron chi connectivity index (χ4n) is 2.21. The van der Waals surface area contributed by atoms with Crippen molar-refractivity contribution in [2.75, 3.05) is 6.61 Å². The van der Waals surface area contributed by atoms with E-state index in [0.29, 0.717) is 12.5 Å². The third-order valence-corrected chi connectivity index (χ3v) is 9.23. The minimum Gasteiger partial charge on any atom is -0.474 e. The second-order valence-corrected chi connectivity index (χ2v) is 12.7. The van der Waals surface area contributed by atoms with Gasteiger partial charge in [0.2, 0.25) is 5.88 Å². The Kier molecular flexibility index (Phi) is 5.55. The van der Waals surface area contributed by atoms with Crippen LogP contribution < -0.4 is 4.74 Å². The molecule has 2 rings (SSSR count). The van der Waals surface area contributed by atoms with E-state index < -0.39 is 8.32 Å². The van der Waals surface area contributed by atoms with Gasteiger partial charge in [0.15, 0.2) is 8.32 Å². The molecule has 24 heavy (non-hydrogen) atoms. The van der Waals surface area contributed by atoms with Crippen LogP contribution in [-0.2, 0) is 4.43 Å². The summed E-state index contributed by atoms with van der Waals surface area (Å²) in [5.74, 6) is 0.671. The molecular weight excluding hydrogens is 316 g/mol. The van der Waals surface area contributed by atoms with Crippen molar-refractivity contribution in [3.05, 3.63) is 42.1 Å². The summed E-state index contributed by atoms with van der Waals surface area (Å²) >= 11 is 0. The Balaban J connectivity index is 1.99. The van der Waals surface area contributed by atoms with E-state index in [1.54, 1.807) is 0 Å². The molecule has 0 aliphatic rings. The predicted molar refractivity (Wildman–Crippen MR) is 102 cm³/mol. The molecule has 0 aliphatic heterocycles. The van der Waals surface area contributed by atoms with Gasteiger partial charge in [0.25, 0.3) is 0 Å². The maximum absolute atomic E-state index is 6.33. The highest BCUT2D eigenvalue weighted by Crippen LogP contribution is 2.37. The molecule has 0 spiro atoms. The molecule has 0 fully saturated rings. The summed E-state index contributed by atoms with van der Waals surface area (Å²) in [4.78, 5) is 0. The molecule has 132 valence electrons. The number of rotatable bonds is 6. The van der Waals surface area contributed by atoms with E-state index in [4.69, 9.17) is 9.16 Å². The van der Waals surface area contributed by atoms with E-state index in [-0.39, 0.29) is 11.1 Å². The first-order valence-corrected chi connectivity index (χ1v) is 11.4. The van der Waals surface area contributed by atoms with Gasteiger partial charge in [-0.2, -0.15) is 0 Å². The van der Waals surface area contributed by atoms with Gasteiger partial charge in [-0.05, 0) is 44.1 Å². The van der Waals surface area contributed by atoms with Crippen LogP contribution in [0.3, 0.4) is 0 Å². The molecule has 1 atom stereocenters. The van der Waals surface area contributed by atoms with Gasteiger partial charge in [-0.3, -0.25) is 0 Å². The Hall–Kier alpha value is -1.59. The molecule has 1 heterocycles. The van der Waals surface area contributed by atoms with Crippen LogP contribution in [-0.4, -0.2) is 30.8 Å². The maximum atomic E-state index is 6.33. The summed E-state index contributed by atoms with van der Waals surface area (Å²) in [6, 6.07) is 10.1. The van der Waals surface area contributed by atoms with Crippen LogP contribution in [0.25, 0.3) is 5.69 Å². The molecule has 0 saturated heterocycles. The first-order valence-electron chi connectivity index (χ1n) is 8.52. The molecule has 0 bridgehead atoms. The van der Waals surface area contributed by atoms with Gasteiger partial charge in [-0.1, -0.05) is 39.0 Å². The summed E-state index contributed by atoms with van der Waals surface area (Å²) < 4.78 is 14.1. The molecule has 1 aromatic heterocycles. The van der Waals surface area contributed by atoms with Gasteiger partial charge in [0.05, 0.1) is 11.8 Å². The Bertz CT molecular complexity index is 660. The fraction of sp³-hybridized carbons (Fsp3) is 0.526. The number of benzene rings is 1. The standard InChI is InChI=1S/C19H30N2O2Si/c1-15-13-21(17-11-9-8-10-12-17)20-18(15)22-14-16(2)23-24(6,7)19(3,4)5/h8-13,16H,14H2,1-7H3/t16-/m0/s1. The first kappa shape index (κ1) is 18.7. The van der Waals surface area contributed by atoms with Crippen molar-refractivity contribution in [2.24, 2.45) is 0 Å². The zero-order valence-electron chi connectivity index (χ0n) is 16.0. The second kappa shape index (κ2) is 7.11. The van der Waals surface area contributed by atoms with Crippen LogP contribution in [0.4, 0.5) is 0 Å². The van der Waals surface area contributed by atoms with Crippen molar-refractivity contribution in [3.8, 4) is 11.6 Å². The largest absolute Gasteiger partial charge is 0.474 e. The lowest BCUT2D eigenvalue weighted by atomic mass is 10.2. The Morgan fingerprint density at radius 2 is 1.79 bits per heavy atom. The van der Waals surface area contributed by atoms with Gasteiger partial charge in [-0.15, -0.1) is 5.10 Å². The molecule has 4 nitrogen and oxygen atoms in total. The molecule has 0 radical (unpaired) electrons. The van der Waals surface area contributed by atoms with Crippen molar-refractivity contribution in [1.82, 2.24) is 9.78 Å². The summed E-state index contributed by atoms with van der Waals surface area (Å²) in [6.45, 7) is 15.9. The van der Waals surface area contributed by atoms with E-state index in [1.165, 1.54) is 0 Å². The Morgan fingerprint density at radius 1 is 1.17 bits per heavy atom. The number of aryl methyl sites for hydroxylation is 1. The number of hydrogen-bond acceptors (Lipinski definition) is 3. The van der Waals surface area contributed by atoms with Gasteiger partial charge in [-0.25, -0.2) is 4.68 Å². The van der Waals surface area contributed by atoms with Crippen molar-refractivity contribution in [1.29, 1.82) is 0 Å². The van der Waals surface area contributed by atoms with E-state index in [0.717, 1.165) is 11.3 Å². The highest BCUT2D eigenvalue weighted by atomic mass is 28.4. The molecule has 5 heteroatoms. The van der Waals surface area contributed by atoms with Gasteiger partial charge < -0.3 is 9.16 Å². The number of aromatic nitrogens is 2. The highest BCUT2D eigenvalue weighted by Gasteiger charge is 2.38. The number of hydrogen-bond donors (Lipinski definition) is 0. The van der Waals surface area contributed by atoms with Crippen LogP contribution >= 0.6 is 0 Å². The third kappa shape index (κ3) is 4.48. The quantitative estimate of drug-likeness (QED) is 0.693. The second-order valence-electron chi connectivity index (χ2n) is 7.90. The number of nitrogens with zero attached hydrogens (tertiary/aromatic N) is 2. The fourth-order valence-corrected chi connectivity index (χ4v) is 3.64. The van der Waals surface area contributed by atoms with Gasteiger partial charge >= 0.3 is 0 Å². The van der Waals surface area contributed by atoms with Crippen LogP contribution in [0.15, 0.2) is 36.5 Å². The van der Waals surface area contributed by atoms with E-state index >= 15 is 0 Å². The monoisotopic (exact) mass is 346 g/mol. The summed E-state index contributed by atoms with van der Waals surface area (Å²) in [6.07, 6.45) is 2.04. The van der Waals surface area contributed by atoms with Crippen LogP contribution in [0, 0.1) is 6.92 Å². The SMILES string of the molecule is Cc1cn(-c2ccccc2)nc1OC[C@H](C)O[Si](C)(C)C(C)(C)C. The van der Waals surface area contributed by atoms with E-state index in [9.17, 15) is 0 Å². The summed E-state index contributed by atoms with van der Waals surface area (Å²) in [5.41, 5.74) is 2.06. The first-order chi connectivity index (χ1) is 11.1. The normalized spacial score (nSPS) is 13.8. The Morgan fingerprint density at radius 3 is 2.38 bits per heavy atom. The molecule has 0 saturated carbocycles. The zero-order chi connectivity index (χ0) is 18.0. The molecule has 0 amide bonds. The third-order valence-electron chi connectivity index (χ3n) is 4.63. The summed E-state index contributed by atoms with van der Waals surface area (Å²) in [7, 11) is -1.77. The zero-order valence-corrected chi connectivity index (χ0v) is 17.0. The number of para-hydroxylation sites is 1. The molecule has 0 unspecified atom stereocenters. The minimum atomic E-state index is -1.77. The van der Waals surface area contributed by atoms with Crippen LogP contribution in [0.2, 0.25) is 18.1 Å². The van der Waals surface area contributed by atoms with Gasteiger partial charge in [0, 0.05) is 11.8 Å². The highest BCUT2D eigenvalue weighted by molar-refractivity contribution is 6.74. The average molecular weight is 347 g/mol. The lowest BCUT2D eigenvalue weighted by Crippen LogP contribution is -2.44. The van der Waals surface area contributed by atoms with Crippen molar-refractivity contribution >= 4 is 8.32 Å². The summed E-state index contributed by atoms with van der Waals surface area (Å²) in [5, 5.41) is 4.75. The maximum Gasteiger partial charge on any atom is 0.236 e. The van der Waals surface area contributed by atoms with Crippen molar-refractivity contribution in [3.63, 3.8) is 0 Å². The van der Waals surface area contributed by atoms with Crippen molar-refractivity contribution < 1.29 is 9.16 Å². The van der Waals surface area contributed by atoms with Crippen LogP contribution in [0.5, 0.6) is 5.88 Å². The lowest BCUT2D eigenvalue weighted by molar-refractivity contribution is 0.126. The topological polar surface area (TPSA) is 36.3 Å². The molecule has 2 aromatic rings.